The van der Waals surface area contributed by atoms with Gasteiger partial charge in [0.25, 0.3) is 0 Å². The number of nitrogens with two attached hydrogens (primary N) is 1. The molecule has 0 amide bonds. The van der Waals surface area contributed by atoms with E-state index in [0.717, 1.165) is 5.56 Å². The second-order valence-electron chi connectivity index (χ2n) is 4.29. The molecular formula is C12H18FNO. The Kier molecular flexibility index (Phi) is 3.83. The maximum absolute atomic E-state index is 13.4. The van der Waals surface area contributed by atoms with Gasteiger partial charge in [0.05, 0.1) is 6.10 Å². The predicted molar refractivity (Wildman–Crippen MR) is 58.9 cm³/mol. The van der Waals surface area contributed by atoms with Crippen LogP contribution in [0.25, 0.3) is 0 Å². The van der Waals surface area contributed by atoms with E-state index in [1.165, 1.54) is 6.07 Å². The minimum absolute atomic E-state index is 0.111. The molecule has 1 aromatic rings. The van der Waals surface area contributed by atoms with Crippen LogP contribution in [0, 0.1) is 18.7 Å². The summed E-state index contributed by atoms with van der Waals surface area (Å²) in [6.07, 6.45) is -0.940. The van der Waals surface area contributed by atoms with Crippen molar-refractivity contribution in [3.05, 3.63) is 35.1 Å². The summed E-state index contributed by atoms with van der Waals surface area (Å²) in [5.74, 6) is -0.288. The van der Waals surface area contributed by atoms with Crippen molar-refractivity contribution >= 4 is 0 Å². The van der Waals surface area contributed by atoms with Crippen molar-refractivity contribution in [2.45, 2.75) is 32.9 Å². The van der Waals surface area contributed by atoms with Gasteiger partial charge in [-0.25, -0.2) is 4.39 Å². The average molecular weight is 211 g/mol. The number of rotatable bonds is 3. The van der Waals surface area contributed by atoms with Gasteiger partial charge in [-0.15, -0.1) is 0 Å². The highest BCUT2D eigenvalue weighted by Crippen LogP contribution is 2.23. The van der Waals surface area contributed by atoms with Crippen molar-refractivity contribution in [2.24, 2.45) is 11.7 Å². The summed E-state index contributed by atoms with van der Waals surface area (Å²) in [5, 5.41) is 9.90. The molecule has 0 aliphatic carbocycles. The summed E-state index contributed by atoms with van der Waals surface area (Å²) in [4.78, 5) is 0. The summed E-state index contributed by atoms with van der Waals surface area (Å²) >= 11 is 0. The zero-order chi connectivity index (χ0) is 11.6. The highest BCUT2D eigenvalue weighted by Gasteiger charge is 2.22. The zero-order valence-corrected chi connectivity index (χ0v) is 9.37. The van der Waals surface area contributed by atoms with Crippen LogP contribution in [0.5, 0.6) is 0 Å². The maximum Gasteiger partial charge on any atom is 0.129 e. The first-order chi connectivity index (χ1) is 6.93. The van der Waals surface area contributed by atoms with E-state index in [9.17, 15) is 9.50 Å². The first kappa shape index (κ1) is 12.1. The molecule has 2 unspecified atom stereocenters. The van der Waals surface area contributed by atoms with Crippen LogP contribution in [0.1, 0.15) is 31.1 Å². The normalized spacial score (nSPS) is 15.4. The van der Waals surface area contributed by atoms with Crippen LogP contribution in [0.2, 0.25) is 0 Å². The number of benzene rings is 1. The van der Waals surface area contributed by atoms with E-state index in [-0.39, 0.29) is 11.5 Å². The standard InChI is InChI=1S/C12H18FNO/c1-7(2)11(14)12(15)9-6-8(3)4-5-10(9)13/h4-7,11-12,15H,14H2,1-3H3. The number of aliphatic hydroxyl groups excluding tert-OH is 1. The number of halogens is 1. The lowest BCUT2D eigenvalue weighted by atomic mass is 9.93. The second kappa shape index (κ2) is 4.73. The molecule has 0 bridgehead atoms. The molecule has 2 atom stereocenters. The van der Waals surface area contributed by atoms with Gasteiger partial charge in [0.2, 0.25) is 0 Å². The molecule has 0 fully saturated rings. The van der Waals surface area contributed by atoms with Crippen LogP contribution < -0.4 is 5.73 Å². The fourth-order valence-electron chi connectivity index (χ4n) is 1.46. The third-order valence-corrected chi connectivity index (χ3v) is 2.60. The van der Waals surface area contributed by atoms with Crippen molar-refractivity contribution < 1.29 is 9.50 Å². The highest BCUT2D eigenvalue weighted by atomic mass is 19.1. The lowest BCUT2D eigenvalue weighted by Crippen LogP contribution is -2.34. The monoisotopic (exact) mass is 211 g/mol. The van der Waals surface area contributed by atoms with Crippen LogP contribution in [-0.4, -0.2) is 11.1 Å². The quantitative estimate of drug-likeness (QED) is 0.804. The average Bonchev–Trinajstić information content (AvgIpc) is 2.19. The molecule has 0 saturated carbocycles. The van der Waals surface area contributed by atoms with Gasteiger partial charge in [0.15, 0.2) is 0 Å². The molecule has 0 radical (unpaired) electrons. The Labute approximate surface area is 89.9 Å². The first-order valence-corrected chi connectivity index (χ1v) is 5.13. The van der Waals surface area contributed by atoms with E-state index < -0.39 is 18.0 Å². The molecule has 15 heavy (non-hydrogen) atoms. The molecule has 1 rings (SSSR count). The van der Waals surface area contributed by atoms with Gasteiger partial charge in [-0.2, -0.15) is 0 Å². The Morgan fingerprint density at radius 2 is 1.93 bits per heavy atom. The number of hydrogen-bond acceptors (Lipinski definition) is 2. The molecule has 0 aromatic heterocycles. The van der Waals surface area contributed by atoms with Gasteiger partial charge in [-0.3, -0.25) is 0 Å². The van der Waals surface area contributed by atoms with Crippen molar-refractivity contribution in [1.29, 1.82) is 0 Å². The van der Waals surface area contributed by atoms with E-state index >= 15 is 0 Å². The van der Waals surface area contributed by atoms with E-state index in [4.69, 9.17) is 5.73 Å². The van der Waals surface area contributed by atoms with Gasteiger partial charge >= 0.3 is 0 Å². The van der Waals surface area contributed by atoms with Gasteiger partial charge in [0.1, 0.15) is 5.82 Å². The predicted octanol–water partition coefficient (Wildman–Crippen LogP) is 2.15. The van der Waals surface area contributed by atoms with Crippen LogP contribution in [-0.2, 0) is 0 Å². The third-order valence-electron chi connectivity index (χ3n) is 2.60. The second-order valence-corrected chi connectivity index (χ2v) is 4.29. The van der Waals surface area contributed by atoms with E-state index in [2.05, 4.69) is 0 Å². The third kappa shape index (κ3) is 2.76. The molecule has 0 heterocycles. The molecule has 0 aliphatic heterocycles. The molecule has 0 spiro atoms. The minimum Gasteiger partial charge on any atom is -0.387 e. The van der Waals surface area contributed by atoms with E-state index in [0.29, 0.717) is 0 Å². The van der Waals surface area contributed by atoms with Crippen molar-refractivity contribution in [1.82, 2.24) is 0 Å². The van der Waals surface area contributed by atoms with Crippen LogP contribution in [0.4, 0.5) is 4.39 Å². The number of hydrogen-bond donors (Lipinski definition) is 2. The van der Waals surface area contributed by atoms with Crippen molar-refractivity contribution in [2.75, 3.05) is 0 Å². The SMILES string of the molecule is Cc1ccc(F)c(C(O)C(N)C(C)C)c1. The molecule has 0 saturated heterocycles. The molecule has 84 valence electrons. The van der Waals surface area contributed by atoms with Crippen molar-refractivity contribution in [3.63, 3.8) is 0 Å². The Bertz CT molecular complexity index is 338. The van der Waals surface area contributed by atoms with E-state index in [1.54, 1.807) is 12.1 Å². The Morgan fingerprint density at radius 3 is 2.47 bits per heavy atom. The van der Waals surface area contributed by atoms with Crippen LogP contribution in [0.15, 0.2) is 18.2 Å². The molecule has 0 aliphatic rings. The fourth-order valence-corrected chi connectivity index (χ4v) is 1.46. The first-order valence-electron chi connectivity index (χ1n) is 5.13. The Hall–Kier alpha value is -0.930. The molecule has 3 heteroatoms. The van der Waals surface area contributed by atoms with Crippen LogP contribution >= 0.6 is 0 Å². The molecular weight excluding hydrogens is 193 g/mol. The lowest BCUT2D eigenvalue weighted by molar-refractivity contribution is 0.122. The number of aryl methyl sites for hydroxylation is 1. The van der Waals surface area contributed by atoms with Gasteiger partial charge in [0, 0.05) is 11.6 Å². The highest BCUT2D eigenvalue weighted by molar-refractivity contribution is 5.26. The molecule has 1 aromatic carbocycles. The Morgan fingerprint density at radius 1 is 1.33 bits per heavy atom. The van der Waals surface area contributed by atoms with Crippen LogP contribution in [0.3, 0.4) is 0 Å². The smallest absolute Gasteiger partial charge is 0.129 e. The molecule has 2 nitrogen and oxygen atoms in total. The van der Waals surface area contributed by atoms with Gasteiger partial charge < -0.3 is 10.8 Å². The zero-order valence-electron chi connectivity index (χ0n) is 9.37. The fraction of sp³-hybridized carbons (Fsp3) is 0.500. The topological polar surface area (TPSA) is 46.2 Å². The lowest BCUT2D eigenvalue weighted by Gasteiger charge is -2.23. The van der Waals surface area contributed by atoms with Gasteiger partial charge in [-0.1, -0.05) is 31.5 Å². The molecule has 3 N–H and O–H groups in total. The summed E-state index contributed by atoms with van der Waals surface area (Å²) in [7, 11) is 0. The summed E-state index contributed by atoms with van der Waals surface area (Å²) in [6, 6.07) is 4.23. The van der Waals surface area contributed by atoms with Gasteiger partial charge in [-0.05, 0) is 18.9 Å². The summed E-state index contributed by atoms with van der Waals surface area (Å²) < 4.78 is 13.4. The van der Waals surface area contributed by atoms with Crippen molar-refractivity contribution in [3.8, 4) is 0 Å². The number of aliphatic hydroxyl groups is 1. The summed E-state index contributed by atoms with van der Waals surface area (Å²) in [6.45, 7) is 5.67. The maximum atomic E-state index is 13.4. The summed E-state index contributed by atoms with van der Waals surface area (Å²) in [5.41, 5.74) is 7.00. The van der Waals surface area contributed by atoms with E-state index in [1.807, 2.05) is 20.8 Å². The Balaban J connectivity index is 2.99. The minimum atomic E-state index is -0.940. The largest absolute Gasteiger partial charge is 0.387 e.